The van der Waals surface area contributed by atoms with Gasteiger partial charge in [0, 0.05) is 49.5 Å². The smallest absolute Gasteiger partial charge is 0.321 e. The normalized spacial score (nSPS) is 17.8. The molecule has 184 valence electrons. The van der Waals surface area contributed by atoms with Crippen LogP contribution in [0.25, 0.3) is 16.8 Å². The van der Waals surface area contributed by atoms with Crippen LogP contribution in [0.4, 0.5) is 10.5 Å². The Hall–Kier alpha value is -3.84. The lowest BCUT2D eigenvalue weighted by Gasteiger charge is -2.32. The van der Waals surface area contributed by atoms with Gasteiger partial charge >= 0.3 is 6.03 Å². The maximum absolute atomic E-state index is 13.2. The molecular formula is C29H31N5O2. The Morgan fingerprint density at radius 1 is 1.06 bits per heavy atom. The second kappa shape index (κ2) is 9.32. The van der Waals surface area contributed by atoms with E-state index in [1.807, 2.05) is 41.3 Å². The number of likely N-dealkylation sites (tertiary alicyclic amines) is 1. The van der Waals surface area contributed by atoms with Crippen molar-refractivity contribution in [1.82, 2.24) is 19.2 Å². The predicted molar refractivity (Wildman–Crippen MR) is 141 cm³/mol. The maximum atomic E-state index is 13.2. The standard InChI is InChI=1S/C29H31N5O2/c1-32-17-21-11-12-24(15-23(21)18-32)30-29(35)33-13-6-8-22(19-33)28-31-27(26-10-3-4-14-34(26)28)20-7-5-9-25(16-20)36-2/h3-5,7,9-12,14-16,22H,6,8,13,17-19H2,1-2H3,(H,30,35)/t22-/m1/s1. The largest absolute Gasteiger partial charge is 0.497 e. The number of piperidine rings is 1. The number of aromatic nitrogens is 2. The minimum atomic E-state index is -0.0418. The Bertz CT molecular complexity index is 1430. The Morgan fingerprint density at radius 3 is 2.83 bits per heavy atom. The van der Waals surface area contributed by atoms with Crippen molar-refractivity contribution in [3.63, 3.8) is 0 Å². The minimum absolute atomic E-state index is 0.0418. The van der Waals surface area contributed by atoms with Crippen LogP contribution < -0.4 is 10.1 Å². The lowest BCUT2D eigenvalue weighted by Crippen LogP contribution is -2.42. The topological polar surface area (TPSA) is 62.1 Å². The van der Waals surface area contributed by atoms with Crippen molar-refractivity contribution in [2.75, 3.05) is 32.6 Å². The van der Waals surface area contributed by atoms with Crippen molar-refractivity contribution in [2.45, 2.75) is 31.8 Å². The second-order valence-corrected chi connectivity index (χ2v) is 9.88. The molecule has 1 saturated heterocycles. The average molecular weight is 482 g/mol. The van der Waals surface area contributed by atoms with Gasteiger partial charge in [0.05, 0.1) is 18.3 Å². The number of benzene rings is 2. The molecular weight excluding hydrogens is 450 g/mol. The Balaban J connectivity index is 1.25. The molecule has 2 amide bonds. The molecule has 2 aliphatic heterocycles. The number of ether oxygens (including phenoxy) is 1. The summed E-state index contributed by atoms with van der Waals surface area (Å²) in [5, 5.41) is 3.14. The number of nitrogens with one attached hydrogen (secondary N) is 1. The first-order valence-corrected chi connectivity index (χ1v) is 12.6. The van der Waals surface area contributed by atoms with Crippen LogP contribution in [0.2, 0.25) is 0 Å². The lowest BCUT2D eigenvalue weighted by atomic mass is 9.97. The van der Waals surface area contributed by atoms with Gasteiger partial charge in [0.2, 0.25) is 0 Å². The Morgan fingerprint density at radius 2 is 1.94 bits per heavy atom. The van der Waals surface area contributed by atoms with Crippen LogP contribution in [0, 0.1) is 0 Å². The fourth-order valence-corrected chi connectivity index (χ4v) is 5.55. The van der Waals surface area contributed by atoms with Crippen LogP contribution in [0.15, 0.2) is 66.9 Å². The van der Waals surface area contributed by atoms with E-state index in [1.165, 1.54) is 11.1 Å². The van der Waals surface area contributed by atoms with E-state index in [9.17, 15) is 4.79 Å². The molecule has 1 N–H and O–H groups in total. The van der Waals surface area contributed by atoms with E-state index in [4.69, 9.17) is 9.72 Å². The Labute approximate surface area is 211 Å². The summed E-state index contributed by atoms with van der Waals surface area (Å²) in [6, 6.07) is 20.4. The number of fused-ring (bicyclic) bond motifs is 2. The maximum Gasteiger partial charge on any atom is 0.321 e. The number of carbonyl (C=O) groups excluding carboxylic acids is 1. The van der Waals surface area contributed by atoms with Crippen LogP contribution in [-0.4, -0.2) is 52.5 Å². The zero-order valence-electron chi connectivity index (χ0n) is 20.8. The Kier molecular flexibility index (Phi) is 5.85. The number of urea groups is 1. The highest BCUT2D eigenvalue weighted by atomic mass is 16.5. The lowest BCUT2D eigenvalue weighted by molar-refractivity contribution is 0.191. The van der Waals surface area contributed by atoms with Gasteiger partial charge in [-0.05, 0) is 67.4 Å². The van der Waals surface area contributed by atoms with Crippen LogP contribution in [0.3, 0.4) is 0 Å². The van der Waals surface area contributed by atoms with Crippen molar-refractivity contribution >= 4 is 17.2 Å². The molecule has 0 bridgehead atoms. The monoisotopic (exact) mass is 481 g/mol. The molecule has 7 heteroatoms. The molecule has 0 aliphatic carbocycles. The molecule has 2 aliphatic rings. The summed E-state index contributed by atoms with van der Waals surface area (Å²) in [5.41, 5.74) is 6.52. The number of nitrogens with zero attached hydrogens (tertiary/aromatic N) is 4. The van der Waals surface area contributed by atoms with E-state index >= 15 is 0 Å². The average Bonchev–Trinajstić information content (AvgIpc) is 3.48. The third-order valence-electron chi connectivity index (χ3n) is 7.33. The van der Waals surface area contributed by atoms with E-state index in [2.05, 4.69) is 52.1 Å². The summed E-state index contributed by atoms with van der Waals surface area (Å²) in [5.74, 6) is 1.97. The highest BCUT2D eigenvalue weighted by Gasteiger charge is 2.29. The summed E-state index contributed by atoms with van der Waals surface area (Å²) < 4.78 is 7.62. The molecule has 36 heavy (non-hydrogen) atoms. The summed E-state index contributed by atoms with van der Waals surface area (Å²) in [4.78, 5) is 22.6. The van der Waals surface area contributed by atoms with Gasteiger partial charge in [-0.1, -0.05) is 24.3 Å². The fourth-order valence-electron chi connectivity index (χ4n) is 5.55. The second-order valence-electron chi connectivity index (χ2n) is 9.88. The van der Waals surface area contributed by atoms with Gasteiger partial charge in [0.15, 0.2) is 0 Å². The van der Waals surface area contributed by atoms with Gasteiger partial charge in [0.25, 0.3) is 0 Å². The van der Waals surface area contributed by atoms with Gasteiger partial charge < -0.3 is 19.4 Å². The van der Waals surface area contributed by atoms with Crippen molar-refractivity contribution in [3.05, 3.63) is 83.8 Å². The third kappa shape index (κ3) is 4.20. The molecule has 0 unspecified atom stereocenters. The first-order valence-electron chi connectivity index (χ1n) is 12.6. The molecule has 0 spiro atoms. The molecule has 6 rings (SSSR count). The SMILES string of the molecule is COc1cccc(-c2nc([C@@H]3CCCN(C(=O)Nc4ccc5c(c4)CN(C)C5)C3)n3ccccc23)c1. The molecule has 2 aromatic carbocycles. The number of pyridine rings is 1. The van der Waals surface area contributed by atoms with E-state index in [0.29, 0.717) is 6.54 Å². The van der Waals surface area contributed by atoms with Gasteiger partial charge in [-0.15, -0.1) is 0 Å². The number of hydrogen-bond donors (Lipinski definition) is 1. The molecule has 2 aromatic heterocycles. The van der Waals surface area contributed by atoms with Crippen LogP contribution >= 0.6 is 0 Å². The van der Waals surface area contributed by atoms with Crippen LogP contribution in [0.1, 0.15) is 35.7 Å². The van der Waals surface area contributed by atoms with Crippen molar-refractivity contribution in [3.8, 4) is 17.0 Å². The number of amides is 2. The van der Waals surface area contributed by atoms with Crippen molar-refractivity contribution in [2.24, 2.45) is 0 Å². The zero-order chi connectivity index (χ0) is 24.6. The summed E-state index contributed by atoms with van der Waals surface area (Å²) in [6.07, 6.45) is 4.02. The first-order chi connectivity index (χ1) is 17.6. The molecule has 1 fully saturated rings. The summed E-state index contributed by atoms with van der Waals surface area (Å²) in [6.45, 7) is 3.29. The third-order valence-corrected chi connectivity index (χ3v) is 7.33. The van der Waals surface area contributed by atoms with Gasteiger partial charge in [-0.3, -0.25) is 4.90 Å². The van der Waals surface area contributed by atoms with E-state index < -0.39 is 0 Å². The molecule has 4 heterocycles. The van der Waals surface area contributed by atoms with Crippen LogP contribution in [0.5, 0.6) is 5.75 Å². The van der Waals surface area contributed by atoms with Gasteiger partial charge in [-0.2, -0.15) is 0 Å². The number of methoxy groups -OCH3 is 1. The molecule has 0 radical (unpaired) electrons. The first kappa shape index (κ1) is 22.6. The molecule has 4 aromatic rings. The fraction of sp³-hybridized carbons (Fsp3) is 0.310. The number of hydrogen-bond acceptors (Lipinski definition) is 4. The summed E-state index contributed by atoms with van der Waals surface area (Å²) >= 11 is 0. The van der Waals surface area contributed by atoms with E-state index in [0.717, 1.165) is 66.5 Å². The van der Waals surface area contributed by atoms with E-state index in [1.54, 1.807) is 7.11 Å². The quantitative estimate of drug-likeness (QED) is 0.426. The molecule has 1 atom stereocenters. The summed E-state index contributed by atoms with van der Waals surface area (Å²) in [7, 11) is 3.80. The van der Waals surface area contributed by atoms with Gasteiger partial charge in [-0.25, -0.2) is 9.78 Å². The number of anilines is 1. The van der Waals surface area contributed by atoms with Gasteiger partial charge in [0.1, 0.15) is 11.6 Å². The van der Waals surface area contributed by atoms with Crippen LogP contribution in [-0.2, 0) is 13.1 Å². The number of carbonyl (C=O) groups is 1. The van der Waals surface area contributed by atoms with E-state index in [-0.39, 0.29) is 11.9 Å². The number of rotatable bonds is 4. The predicted octanol–water partition coefficient (Wildman–Crippen LogP) is 5.37. The molecule has 7 nitrogen and oxygen atoms in total. The highest BCUT2D eigenvalue weighted by molar-refractivity contribution is 5.89. The van der Waals surface area contributed by atoms with Crippen molar-refractivity contribution in [1.29, 1.82) is 0 Å². The molecule has 0 saturated carbocycles. The number of imidazole rings is 1. The highest BCUT2D eigenvalue weighted by Crippen LogP contribution is 2.33. The minimum Gasteiger partial charge on any atom is -0.497 e. The zero-order valence-corrected chi connectivity index (χ0v) is 20.8. The van der Waals surface area contributed by atoms with Crippen molar-refractivity contribution < 1.29 is 9.53 Å².